The minimum Gasteiger partial charge on any atom is -0.468 e. The van der Waals surface area contributed by atoms with E-state index in [0.29, 0.717) is 6.54 Å². The highest BCUT2D eigenvalue weighted by Crippen LogP contribution is 2.46. The van der Waals surface area contributed by atoms with Gasteiger partial charge in [-0.1, -0.05) is 110 Å². The lowest BCUT2D eigenvalue weighted by Crippen LogP contribution is -2.54. The first-order chi connectivity index (χ1) is 14.7. The van der Waals surface area contributed by atoms with Gasteiger partial charge in [-0.15, -0.1) is 0 Å². The molecule has 1 aliphatic rings. The molecule has 1 heterocycles. The Morgan fingerprint density at radius 2 is 1.33 bits per heavy atom. The fourth-order valence-corrected chi connectivity index (χ4v) is 4.54. The van der Waals surface area contributed by atoms with Crippen LogP contribution in [-0.4, -0.2) is 30.6 Å². The van der Waals surface area contributed by atoms with Crippen molar-refractivity contribution < 1.29 is 9.53 Å². The van der Waals surface area contributed by atoms with Crippen molar-refractivity contribution in [3.63, 3.8) is 0 Å². The third kappa shape index (κ3) is 3.17. The molecule has 0 aromatic heterocycles. The Morgan fingerprint density at radius 3 is 1.70 bits per heavy atom. The van der Waals surface area contributed by atoms with Crippen molar-refractivity contribution >= 4 is 5.97 Å². The quantitative estimate of drug-likeness (QED) is 0.437. The van der Waals surface area contributed by atoms with E-state index in [1.807, 2.05) is 54.6 Å². The van der Waals surface area contributed by atoms with E-state index in [9.17, 15) is 4.79 Å². The zero-order valence-electron chi connectivity index (χ0n) is 17.1. The van der Waals surface area contributed by atoms with E-state index in [1.54, 1.807) is 6.08 Å². The summed E-state index contributed by atoms with van der Waals surface area (Å²) < 4.78 is 5.23. The summed E-state index contributed by atoms with van der Waals surface area (Å²) in [4.78, 5) is 15.2. The third-order valence-corrected chi connectivity index (χ3v) is 5.82. The standard InChI is InChI=1S/C27H25NO2/c1-3-21-19-20-28(25(21)26(29)30-2)27(22-13-7-4-8-14-22,23-15-9-5-10-16-23)24-17-11-6-12-18-24/h3-19,25H,1,20H2,2H3/t25-/m0/s1. The second-order valence-corrected chi connectivity index (χ2v) is 7.29. The Kier molecular flexibility index (Phi) is 5.64. The molecule has 3 aromatic rings. The molecule has 1 aliphatic heterocycles. The molecule has 1 atom stereocenters. The van der Waals surface area contributed by atoms with Gasteiger partial charge < -0.3 is 4.74 Å². The van der Waals surface area contributed by atoms with Gasteiger partial charge in [0, 0.05) is 6.54 Å². The van der Waals surface area contributed by atoms with Crippen LogP contribution in [0.15, 0.2) is 115 Å². The molecule has 0 unspecified atom stereocenters. The predicted octanol–water partition coefficient (Wildman–Crippen LogP) is 4.95. The predicted molar refractivity (Wildman–Crippen MR) is 120 cm³/mol. The van der Waals surface area contributed by atoms with Crippen LogP contribution in [-0.2, 0) is 15.1 Å². The lowest BCUT2D eigenvalue weighted by atomic mass is 9.75. The number of hydrogen-bond donors (Lipinski definition) is 0. The van der Waals surface area contributed by atoms with Crippen LogP contribution in [0.3, 0.4) is 0 Å². The zero-order valence-corrected chi connectivity index (χ0v) is 17.1. The Bertz CT molecular complexity index is 945. The first-order valence-electron chi connectivity index (χ1n) is 10.1. The van der Waals surface area contributed by atoms with E-state index in [1.165, 1.54) is 7.11 Å². The molecule has 0 bridgehead atoms. The van der Waals surface area contributed by atoms with E-state index in [4.69, 9.17) is 4.74 Å². The van der Waals surface area contributed by atoms with Crippen LogP contribution in [0.4, 0.5) is 0 Å². The van der Waals surface area contributed by atoms with Crippen LogP contribution in [0.25, 0.3) is 0 Å². The molecule has 0 radical (unpaired) electrons. The summed E-state index contributed by atoms with van der Waals surface area (Å²) in [6.45, 7) is 4.54. The molecule has 150 valence electrons. The number of ether oxygens (including phenoxy) is 1. The van der Waals surface area contributed by atoms with Crippen LogP contribution >= 0.6 is 0 Å². The molecule has 0 amide bonds. The smallest absolute Gasteiger partial charge is 0.327 e. The highest BCUT2D eigenvalue weighted by Gasteiger charge is 2.49. The van der Waals surface area contributed by atoms with Crippen molar-refractivity contribution in [2.75, 3.05) is 13.7 Å². The number of nitrogens with zero attached hydrogens (tertiary/aromatic N) is 1. The third-order valence-electron chi connectivity index (χ3n) is 5.82. The molecule has 0 fully saturated rings. The van der Waals surface area contributed by atoms with Crippen molar-refractivity contribution in [2.24, 2.45) is 0 Å². The summed E-state index contributed by atoms with van der Waals surface area (Å²) in [5.41, 5.74) is 3.47. The minimum absolute atomic E-state index is 0.286. The Labute approximate surface area is 177 Å². The normalized spacial score (nSPS) is 16.7. The van der Waals surface area contributed by atoms with E-state index < -0.39 is 11.6 Å². The van der Waals surface area contributed by atoms with Crippen molar-refractivity contribution in [1.82, 2.24) is 4.90 Å². The first kappa shape index (κ1) is 19.9. The van der Waals surface area contributed by atoms with Crippen LogP contribution in [0.5, 0.6) is 0 Å². The second kappa shape index (κ2) is 8.52. The molecular weight excluding hydrogens is 370 g/mol. The van der Waals surface area contributed by atoms with E-state index in [-0.39, 0.29) is 5.97 Å². The van der Waals surface area contributed by atoms with Crippen LogP contribution in [0, 0.1) is 0 Å². The van der Waals surface area contributed by atoms with Crippen molar-refractivity contribution in [3.8, 4) is 0 Å². The first-order valence-corrected chi connectivity index (χ1v) is 10.1. The number of carbonyl (C=O) groups is 1. The van der Waals surface area contributed by atoms with Gasteiger partial charge in [-0.25, -0.2) is 4.79 Å². The summed E-state index contributed by atoms with van der Waals surface area (Å²) in [6.07, 6.45) is 3.82. The molecule has 0 spiro atoms. The van der Waals surface area contributed by atoms with Crippen molar-refractivity contribution in [1.29, 1.82) is 0 Å². The fourth-order valence-electron chi connectivity index (χ4n) is 4.54. The number of benzene rings is 3. The SMILES string of the molecule is C=CC1=CCN(C(c2ccccc2)(c2ccccc2)c2ccccc2)[C@@H]1C(=O)OC. The Hall–Kier alpha value is -3.43. The highest BCUT2D eigenvalue weighted by molar-refractivity contribution is 5.82. The van der Waals surface area contributed by atoms with Crippen LogP contribution in [0.2, 0.25) is 0 Å². The molecule has 0 N–H and O–H groups in total. The molecular formula is C27H25NO2. The van der Waals surface area contributed by atoms with Crippen molar-refractivity contribution in [2.45, 2.75) is 11.6 Å². The summed E-state index contributed by atoms with van der Waals surface area (Å²) >= 11 is 0. The van der Waals surface area contributed by atoms with E-state index in [0.717, 1.165) is 22.3 Å². The van der Waals surface area contributed by atoms with Crippen LogP contribution < -0.4 is 0 Å². The largest absolute Gasteiger partial charge is 0.468 e. The molecule has 30 heavy (non-hydrogen) atoms. The summed E-state index contributed by atoms with van der Waals surface area (Å²) in [7, 11) is 1.44. The molecule has 0 saturated carbocycles. The molecule has 3 aromatic carbocycles. The van der Waals surface area contributed by atoms with Gasteiger partial charge in [0.2, 0.25) is 0 Å². The summed E-state index contributed by atoms with van der Waals surface area (Å²) in [5.74, 6) is -0.286. The Balaban J connectivity index is 2.06. The fraction of sp³-hybridized carbons (Fsp3) is 0.148. The lowest BCUT2D eigenvalue weighted by Gasteiger charge is -2.46. The maximum Gasteiger partial charge on any atom is 0.327 e. The van der Waals surface area contributed by atoms with Gasteiger partial charge in [0.25, 0.3) is 0 Å². The van der Waals surface area contributed by atoms with Gasteiger partial charge in [-0.05, 0) is 22.3 Å². The number of esters is 1. The maximum atomic E-state index is 13.0. The van der Waals surface area contributed by atoms with E-state index >= 15 is 0 Å². The maximum absolute atomic E-state index is 13.0. The van der Waals surface area contributed by atoms with Gasteiger partial charge in [-0.3, -0.25) is 4.90 Å². The number of hydrogen-bond acceptors (Lipinski definition) is 3. The number of rotatable bonds is 6. The molecule has 3 nitrogen and oxygen atoms in total. The second-order valence-electron chi connectivity index (χ2n) is 7.29. The van der Waals surface area contributed by atoms with Crippen molar-refractivity contribution in [3.05, 3.63) is 132 Å². The van der Waals surface area contributed by atoms with E-state index in [2.05, 4.69) is 54.0 Å². The molecule has 0 aliphatic carbocycles. The summed E-state index contributed by atoms with van der Waals surface area (Å²) in [5, 5.41) is 0. The number of carbonyl (C=O) groups excluding carboxylic acids is 1. The van der Waals surface area contributed by atoms with Gasteiger partial charge in [0.15, 0.2) is 0 Å². The van der Waals surface area contributed by atoms with Gasteiger partial charge in [0.1, 0.15) is 6.04 Å². The average molecular weight is 396 g/mol. The molecule has 3 heteroatoms. The minimum atomic E-state index is -0.677. The van der Waals surface area contributed by atoms with Gasteiger partial charge in [-0.2, -0.15) is 0 Å². The van der Waals surface area contributed by atoms with Gasteiger partial charge in [0.05, 0.1) is 12.6 Å². The zero-order chi connectivity index (χ0) is 21.0. The van der Waals surface area contributed by atoms with Crippen LogP contribution in [0.1, 0.15) is 16.7 Å². The number of methoxy groups -OCH3 is 1. The molecule has 0 saturated heterocycles. The molecule has 4 rings (SSSR count). The highest BCUT2D eigenvalue weighted by atomic mass is 16.5. The average Bonchev–Trinajstić information content (AvgIpc) is 3.26. The van der Waals surface area contributed by atoms with Gasteiger partial charge >= 0.3 is 5.97 Å². The monoisotopic (exact) mass is 395 g/mol. The topological polar surface area (TPSA) is 29.5 Å². The lowest BCUT2D eigenvalue weighted by molar-refractivity contribution is -0.146. The summed E-state index contributed by atoms with van der Waals surface area (Å²) in [6, 6.07) is 30.5. The Morgan fingerprint density at radius 1 is 0.900 bits per heavy atom.